The molecule has 0 aliphatic carbocycles. The molecule has 0 aliphatic heterocycles. The highest BCUT2D eigenvalue weighted by molar-refractivity contribution is 5.87. The minimum Gasteiger partial charge on any atom is -0.426 e. The summed E-state index contributed by atoms with van der Waals surface area (Å²) in [4.78, 5) is 15.0. The monoisotopic (exact) mass is 187 g/mol. The fourth-order valence-electron chi connectivity index (χ4n) is 1.32. The Balaban J connectivity index is 2.59. The molecule has 2 aromatic rings. The Morgan fingerprint density at radius 2 is 2.14 bits per heavy atom. The first kappa shape index (κ1) is 8.69. The van der Waals surface area contributed by atoms with Gasteiger partial charge in [-0.15, -0.1) is 0 Å². The van der Waals surface area contributed by atoms with Crippen LogP contribution in [0.25, 0.3) is 10.9 Å². The van der Waals surface area contributed by atoms with Gasteiger partial charge in [-0.3, -0.25) is 9.78 Å². The summed E-state index contributed by atoms with van der Waals surface area (Å²) in [5, 5.41) is 0.852. The largest absolute Gasteiger partial charge is 0.426 e. The third-order valence-electron chi connectivity index (χ3n) is 1.86. The third-order valence-corrected chi connectivity index (χ3v) is 1.86. The van der Waals surface area contributed by atoms with E-state index in [-0.39, 0.29) is 5.97 Å². The van der Waals surface area contributed by atoms with Gasteiger partial charge in [-0.2, -0.15) is 0 Å². The first-order valence-corrected chi connectivity index (χ1v) is 4.29. The molecule has 1 aromatic carbocycles. The number of ether oxygens (including phenoxy) is 1. The molecule has 0 saturated heterocycles. The summed E-state index contributed by atoms with van der Waals surface area (Å²) in [5.41, 5.74) is 0.825. The molecule has 1 heterocycles. The van der Waals surface area contributed by atoms with E-state index in [9.17, 15) is 4.79 Å². The van der Waals surface area contributed by atoms with Crippen molar-refractivity contribution in [3.8, 4) is 5.75 Å². The average molecular weight is 187 g/mol. The molecule has 0 saturated carbocycles. The summed E-state index contributed by atoms with van der Waals surface area (Å²) in [6.45, 7) is 1.38. The number of nitrogens with zero attached hydrogens (tertiary/aromatic N) is 1. The molecule has 1 aromatic heterocycles. The second-order valence-corrected chi connectivity index (χ2v) is 2.92. The van der Waals surface area contributed by atoms with Crippen LogP contribution in [0.15, 0.2) is 36.5 Å². The van der Waals surface area contributed by atoms with Crippen LogP contribution in [-0.2, 0) is 4.79 Å². The van der Waals surface area contributed by atoms with Gasteiger partial charge < -0.3 is 4.74 Å². The molecule has 70 valence electrons. The molecule has 3 heteroatoms. The Kier molecular flexibility index (Phi) is 2.14. The van der Waals surface area contributed by atoms with Crippen LogP contribution in [-0.4, -0.2) is 11.0 Å². The molecule has 0 fully saturated rings. The maximum atomic E-state index is 10.8. The molecule has 0 unspecified atom stereocenters. The lowest BCUT2D eigenvalue weighted by atomic mass is 10.2. The zero-order valence-electron chi connectivity index (χ0n) is 7.73. The number of aromatic nitrogens is 1. The van der Waals surface area contributed by atoms with Crippen LogP contribution >= 0.6 is 0 Å². The minimum atomic E-state index is -0.318. The molecule has 0 spiro atoms. The van der Waals surface area contributed by atoms with E-state index < -0.39 is 0 Å². The molecular weight excluding hydrogens is 178 g/mol. The maximum Gasteiger partial charge on any atom is 0.308 e. The SMILES string of the molecule is CC(=O)Oc1cccc2ncccc12. The number of hydrogen-bond acceptors (Lipinski definition) is 3. The maximum absolute atomic E-state index is 10.8. The minimum absolute atomic E-state index is 0.318. The number of carbonyl (C=O) groups excluding carboxylic acids is 1. The van der Waals surface area contributed by atoms with Crippen LogP contribution in [0.2, 0.25) is 0 Å². The van der Waals surface area contributed by atoms with E-state index in [0.29, 0.717) is 5.75 Å². The molecule has 0 N–H and O–H groups in total. The summed E-state index contributed by atoms with van der Waals surface area (Å²) in [5.74, 6) is 0.240. The van der Waals surface area contributed by atoms with E-state index in [4.69, 9.17) is 4.74 Å². The van der Waals surface area contributed by atoms with E-state index in [0.717, 1.165) is 10.9 Å². The summed E-state index contributed by atoms with van der Waals surface area (Å²) in [6, 6.07) is 9.14. The van der Waals surface area contributed by atoms with Gasteiger partial charge in [-0.05, 0) is 24.3 Å². The number of benzene rings is 1. The van der Waals surface area contributed by atoms with Crippen LogP contribution in [0.3, 0.4) is 0 Å². The molecule has 0 atom stereocenters. The Hall–Kier alpha value is -1.90. The highest BCUT2D eigenvalue weighted by atomic mass is 16.5. The molecule has 0 aliphatic rings. The number of rotatable bonds is 1. The molecule has 0 radical (unpaired) electrons. The molecule has 3 nitrogen and oxygen atoms in total. The first-order chi connectivity index (χ1) is 6.77. The van der Waals surface area contributed by atoms with E-state index in [1.807, 2.05) is 24.3 Å². The highest BCUT2D eigenvalue weighted by Gasteiger charge is 2.03. The number of carbonyl (C=O) groups is 1. The molecule has 2 rings (SSSR count). The van der Waals surface area contributed by atoms with E-state index in [1.165, 1.54) is 6.92 Å². The topological polar surface area (TPSA) is 39.2 Å². The quantitative estimate of drug-likeness (QED) is 0.507. The molecule has 0 bridgehead atoms. The fourth-order valence-corrected chi connectivity index (χ4v) is 1.32. The predicted octanol–water partition coefficient (Wildman–Crippen LogP) is 2.16. The van der Waals surface area contributed by atoms with Gasteiger partial charge in [-0.1, -0.05) is 6.07 Å². The number of hydrogen-bond donors (Lipinski definition) is 0. The summed E-state index contributed by atoms with van der Waals surface area (Å²) in [6.07, 6.45) is 1.71. The summed E-state index contributed by atoms with van der Waals surface area (Å²) < 4.78 is 5.05. The Bertz CT molecular complexity index is 474. The summed E-state index contributed by atoms with van der Waals surface area (Å²) in [7, 11) is 0. The van der Waals surface area contributed by atoms with Gasteiger partial charge in [0.1, 0.15) is 5.75 Å². The zero-order chi connectivity index (χ0) is 9.97. The Labute approximate surface area is 81.3 Å². The van der Waals surface area contributed by atoms with Gasteiger partial charge in [0.25, 0.3) is 0 Å². The van der Waals surface area contributed by atoms with E-state index in [2.05, 4.69) is 4.98 Å². The van der Waals surface area contributed by atoms with Crippen molar-refractivity contribution in [2.24, 2.45) is 0 Å². The van der Waals surface area contributed by atoms with Crippen LogP contribution < -0.4 is 4.74 Å². The van der Waals surface area contributed by atoms with Crippen molar-refractivity contribution in [2.45, 2.75) is 6.92 Å². The van der Waals surface area contributed by atoms with Gasteiger partial charge >= 0.3 is 5.97 Å². The van der Waals surface area contributed by atoms with Gasteiger partial charge in [-0.25, -0.2) is 0 Å². The van der Waals surface area contributed by atoms with Crippen molar-refractivity contribution in [2.75, 3.05) is 0 Å². The van der Waals surface area contributed by atoms with Crippen molar-refractivity contribution in [3.05, 3.63) is 36.5 Å². The smallest absolute Gasteiger partial charge is 0.308 e. The lowest BCUT2D eigenvalue weighted by Gasteiger charge is -2.04. The van der Waals surface area contributed by atoms with Crippen molar-refractivity contribution < 1.29 is 9.53 Å². The van der Waals surface area contributed by atoms with Crippen molar-refractivity contribution in [1.82, 2.24) is 4.98 Å². The van der Waals surface area contributed by atoms with Crippen molar-refractivity contribution >= 4 is 16.9 Å². The third kappa shape index (κ3) is 1.57. The Morgan fingerprint density at radius 3 is 2.93 bits per heavy atom. The lowest BCUT2D eigenvalue weighted by molar-refractivity contribution is -0.131. The number of pyridine rings is 1. The van der Waals surface area contributed by atoms with Gasteiger partial charge in [0.2, 0.25) is 0 Å². The van der Waals surface area contributed by atoms with Crippen molar-refractivity contribution in [1.29, 1.82) is 0 Å². The van der Waals surface area contributed by atoms with Crippen molar-refractivity contribution in [3.63, 3.8) is 0 Å². The van der Waals surface area contributed by atoms with Gasteiger partial charge in [0, 0.05) is 18.5 Å². The molecule has 0 amide bonds. The first-order valence-electron chi connectivity index (χ1n) is 4.29. The second kappa shape index (κ2) is 3.46. The normalized spacial score (nSPS) is 10.1. The fraction of sp³-hybridized carbons (Fsp3) is 0.0909. The number of esters is 1. The molecular formula is C11H9NO2. The Morgan fingerprint density at radius 1 is 1.29 bits per heavy atom. The zero-order valence-corrected chi connectivity index (χ0v) is 7.73. The van der Waals surface area contributed by atoms with Gasteiger partial charge in [0.15, 0.2) is 0 Å². The number of fused-ring (bicyclic) bond motifs is 1. The van der Waals surface area contributed by atoms with Gasteiger partial charge in [0.05, 0.1) is 5.52 Å². The van der Waals surface area contributed by atoms with Crippen LogP contribution in [0.1, 0.15) is 6.92 Å². The predicted molar refractivity (Wildman–Crippen MR) is 53.1 cm³/mol. The highest BCUT2D eigenvalue weighted by Crippen LogP contribution is 2.23. The second-order valence-electron chi connectivity index (χ2n) is 2.92. The average Bonchev–Trinajstić information content (AvgIpc) is 2.18. The lowest BCUT2D eigenvalue weighted by Crippen LogP contribution is -2.01. The summed E-state index contributed by atoms with van der Waals surface area (Å²) >= 11 is 0. The van der Waals surface area contributed by atoms with E-state index >= 15 is 0 Å². The van der Waals surface area contributed by atoms with Crippen LogP contribution in [0.5, 0.6) is 5.75 Å². The van der Waals surface area contributed by atoms with Crippen LogP contribution in [0, 0.1) is 0 Å². The van der Waals surface area contributed by atoms with Crippen LogP contribution in [0.4, 0.5) is 0 Å². The van der Waals surface area contributed by atoms with E-state index in [1.54, 1.807) is 12.3 Å². The molecule has 14 heavy (non-hydrogen) atoms. The standard InChI is InChI=1S/C11H9NO2/c1-8(13)14-11-6-2-5-10-9(11)4-3-7-12-10/h2-7H,1H3.